The van der Waals surface area contributed by atoms with Crippen molar-refractivity contribution in [2.75, 3.05) is 11.5 Å². The fraction of sp³-hybridized carbons (Fsp3) is 0.250. The Morgan fingerprint density at radius 3 is 2.11 bits per heavy atom. The molecule has 0 saturated heterocycles. The first-order valence-electron chi connectivity index (χ1n) is 4.54. The van der Waals surface area contributed by atoms with E-state index in [4.69, 9.17) is 10.3 Å². The molecule has 0 saturated carbocycles. The van der Waals surface area contributed by atoms with Crippen molar-refractivity contribution < 1.29 is 30.1 Å². The minimum absolute atomic E-state index is 0.215. The molecule has 0 radical (unpaired) electrons. The number of aliphatic hydroxyl groups is 1. The first kappa shape index (κ1) is 14.9. The molecule has 0 heterocycles. The molecule has 1 unspecified atom stereocenters. The van der Waals surface area contributed by atoms with Gasteiger partial charge in [0.1, 0.15) is 5.75 Å². The van der Waals surface area contributed by atoms with E-state index in [1.807, 2.05) is 0 Å². The average molecular weight is 297 g/mol. The summed E-state index contributed by atoms with van der Waals surface area (Å²) in [7, 11) is -9.75. The Balaban J connectivity index is 2.82. The molecule has 1 aromatic carbocycles. The van der Waals surface area contributed by atoms with E-state index < -0.39 is 32.4 Å². The molecular formula is C8H11NO7S2. The van der Waals surface area contributed by atoms with E-state index in [2.05, 4.69) is 3.63 Å². The highest BCUT2D eigenvalue weighted by atomic mass is 32.3. The quantitative estimate of drug-likeness (QED) is 0.485. The van der Waals surface area contributed by atoms with Crippen molar-refractivity contribution in [2.45, 2.75) is 6.10 Å². The smallest absolute Gasteiger partial charge is 0.399 e. The fourth-order valence-corrected chi connectivity index (χ4v) is 3.02. The first-order chi connectivity index (χ1) is 8.09. The second-order valence-corrected chi connectivity index (χ2v) is 6.25. The number of nitrogen functional groups attached to an aromatic ring is 1. The number of hydrogen-bond acceptors (Lipinski definition) is 7. The zero-order valence-electron chi connectivity index (χ0n) is 8.92. The fourth-order valence-electron chi connectivity index (χ4n) is 1.17. The van der Waals surface area contributed by atoms with Crippen LogP contribution in [0.15, 0.2) is 24.3 Å². The zero-order chi connectivity index (χ0) is 14.0. The van der Waals surface area contributed by atoms with E-state index in [0.29, 0.717) is 5.69 Å². The summed E-state index contributed by atoms with van der Waals surface area (Å²) < 4.78 is 54.5. The summed E-state index contributed by atoms with van der Waals surface area (Å²) in [5.41, 5.74) is 6.03. The van der Waals surface area contributed by atoms with Crippen LogP contribution in [0.25, 0.3) is 0 Å². The lowest BCUT2D eigenvalue weighted by Crippen LogP contribution is -2.20. The molecule has 4 N–H and O–H groups in total. The van der Waals surface area contributed by atoms with Gasteiger partial charge in [0.25, 0.3) is 10.1 Å². The second-order valence-electron chi connectivity index (χ2n) is 3.40. The molecule has 0 spiro atoms. The van der Waals surface area contributed by atoms with E-state index in [1.54, 1.807) is 0 Å². The van der Waals surface area contributed by atoms with Crippen molar-refractivity contribution in [3.8, 4) is 0 Å². The van der Waals surface area contributed by atoms with Crippen LogP contribution in [0.1, 0.15) is 11.7 Å². The molecule has 1 atom stereocenters. The van der Waals surface area contributed by atoms with Gasteiger partial charge in [-0.25, -0.2) is 0 Å². The predicted octanol–water partition coefficient (Wildman–Crippen LogP) is -0.549. The number of anilines is 1. The second kappa shape index (κ2) is 5.20. The van der Waals surface area contributed by atoms with Gasteiger partial charge in [-0.05, 0) is 17.7 Å². The Morgan fingerprint density at radius 1 is 1.17 bits per heavy atom. The lowest BCUT2D eigenvalue weighted by atomic mass is 10.1. The molecule has 10 heteroatoms. The molecule has 8 nitrogen and oxygen atoms in total. The largest absolute Gasteiger partial charge is 0.412 e. The van der Waals surface area contributed by atoms with Crippen LogP contribution < -0.4 is 5.73 Å². The maximum Gasteiger partial charge on any atom is 0.412 e. The molecule has 1 rings (SSSR count). The highest BCUT2D eigenvalue weighted by molar-refractivity contribution is 7.97. The van der Waals surface area contributed by atoms with Gasteiger partial charge in [0.05, 0.1) is 6.10 Å². The number of hydrogen-bond donors (Lipinski definition) is 3. The highest BCUT2D eigenvalue weighted by Crippen LogP contribution is 2.17. The topological polar surface area (TPSA) is 144 Å². The van der Waals surface area contributed by atoms with Gasteiger partial charge in [-0.15, -0.1) is 3.63 Å². The molecule has 0 aliphatic carbocycles. The molecular weight excluding hydrogens is 286 g/mol. The molecule has 18 heavy (non-hydrogen) atoms. The molecule has 1 aromatic rings. The third-order valence-electron chi connectivity index (χ3n) is 1.87. The van der Waals surface area contributed by atoms with Crippen LogP contribution in [0, 0.1) is 0 Å². The Labute approximate surface area is 104 Å². The summed E-state index contributed by atoms with van der Waals surface area (Å²) in [4.78, 5) is 0. The van der Waals surface area contributed by atoms with Gasteiger partial charge in [-0.2, -0.15) is 16.8 Å². The van der Waals surface area contributed by atoms with Gasteiger partial charge < -0.3 is 10.8 Å². The maximum atomic E-state index is 11.2. The SMILES string of the molecule is Nc1ccc(C(O)CS(=O)(=O)OS(=O)(=O)O)cc1. The van der Waals surface area contributed by atoms with Gasteiger partial charge in [0, 0.05) is 5.69 Å². The highest BCUT2D eigenvalue weighted by Gasteiger charge is 2.25. The summed E-state index contributed by atoms with van der Waals surface area (Å²) in [5, 5.41) is 9.57. The lowest BCUT2D eigenvalue weighted by molar-refractivity contribution is 0.199. The van der Waals surface area contributed by atoms with Crippen LogP contribution in [-0.4, -0.2) is 32.2 Å². The van der Waals surface area contributed by atoms with Gasteiger partial charge in [0.2, 0.25) is 0 Å². The van der Waals surface area contributed by atoms with Crippen molar-refractivity contribution >= 4 is 26.2 Å². The van der Waals surface area contributed by atoms with Crippen LogP contribution in [0.4, 0.5) is 5.69 Å². The third-order valence-corrected chi connectivity index (χ3v) is 4.11. The normalized spacial score (nSPS) is 14.3. The van der Waals surface area contributed by atoms with E-state index >= 15 is 0 Å². The first-order valence-corrected chi connectivity index (χ1v) is 7.48. The predicted molar refractivity (Wildman–Crippen MR) is 62.2 cm³/mol. The van der Waals surface area contributed by atoms with E-state index in [9.17, 15) is 21.9 Å². The number of rotatable bonds is 5. The zero-order valence-corrected chi connectivity index (χ0v) is 10.6. The summed E-state index contributed by atoms with van der Waals surface area (Å²) in [6.45, 7) is 0. The molecule has 0 amide bonds. The Bertz CT molecular complexity index is 605. The Morgan fingerprint density at radius 2 is 1.67 bits per heavy atom. The van der Waals surface area contributed by atoms with Crippen molar-refractivity contribution in [2.24, 2.45) is 0 Å². The molecule has 0 fully saturated rings. The van der Waals surface area contributed by atoms with Crippen LogP contribution in [0.3, 0.4) is 0 Å². The van der Waals surface area contributed by atoms with Crippen LogP contribution in [0.5, 0.6) is 0 Å². The Kier molecular flexibility index (Phi) is 4.29. The van der Waals surface area contributed by atoms with E-state index in [-0.39, 0.29) is 5.56 Å². The maximum absolute atomic E-state index is 11.2. The van der Waals surface area contributed by atoms with Crippen LogP contribution >= 0.6 is 0 Å². The molecule has 0 aromatic heterocycles. The number of aliphatic hydroxyl groups excluding tert-OH is 1. The van der Waals surface area contributed by atoms with E-state index in [1.165, 1.54) is 24.3 Å². The van der Waals surface area contributed by atoms with Gasteiger partial charge in [0.15, 0.2) is 0 Å². The minimum Gasteiger partial charge on any atom is -0.399 e. The van der Waals surface area contributed by atoms with E-state index in [0.717, 1.165) is 0 Å². The summed E-state index contributed by atoms with van der Waals surface area (Å²) in [6.07, 6.45) is -1.50. The summed E-state index contributed by atoms with van der Waals surface area (Å²) in [6, 6.07) is 5.63. The lowest BCUT2D eigenvalue weighted by Gasteiger charge is -2.10. The van der Waals surface area contributed by atoms with Crippen molar-refractivity contribution in [3.05, 3.63) is 29.8 Å². The molecule has 0 aliphatic rings. The van der Waals surface area contributed by atoms with Crippen LogP contribution in [-0.2, 0) is 24.1 Å². The van der Waals surface area contributed by atoms with Crippen molar-refractivity contribution in [3.63, 3.8) is 0 Å². The summed E-state index contributed by atoms with van der Waals surface area (Å²) >= 11 is 0. The Hall–Kier alpha value is -1.20. The van der Waals surface area contributed by atoms with Crippen LogP contribution in [0.2, 0.25) is 0 Å². The van der Waals surface area contributed by atoms with Gasteiger partial charge >= 0.3 is 10.4 Å². The standard InChI is InChI=1S/C8H11NO7S2/c9-7-3-1-6(2-4-7)8(10)5-17(11,12)16-18(13,14)15/h1-4,8,10H,5,9H2,(H,13,14,15). The van der Waals surface area contributed by atoms with Gasteiger partial charge in [-0.1, -0.05) is 12.1 Å². The van der Waals surface area contributed by atoms with Crippen molar-refractivity contribution in [1.29, 1.82) is 0 Å². The molecule has 0 aliphatic heterocycles. The minimum atomic E-state index is -5.14. The number of benzene rings is 1. The number of nitrogens with two attached hydrogens (primary N) is 1. The monoisotopic (exact) mass is 297 g/mol. The third kappa shape index (κ3) is 4.98. The molecule has 0 bridgehead atoms. The van der Waals surface area contributed by atoms with Crippen molar-refractivity contribution in [1.82, 2.24) is 0 Å². The average Bonchev–Trinajstić information content (AvgIpc) is 2.13. The summed E-state index contributed by atoms with van der Waals surface area (Å²) in [5.74, 6) is -1.02. The molecule has 102 valence electrons. The van der Waals surface area contributed by atoms with Gasteiger partial charge in [-0.3, -0.25) is 4.55 Å².